The molecule has 0 bridgehead atoms. The lowest BCUT2D eigenvalue weighted by Gasteiger charge is -2.45. The summed E-state index contributed by atoms with van der Waals surface area (Å²) in [5, 5.41) is 0. The summed E-state index contributed by atoms with van der Waals surface area (Å²) >= 11 is 8.28. The number of rotatable bonds is 6. The number of carbonyl (C=O) groups is 3. The van der Waals surface area contributed by atoms with Gasteiger partial charge in [-0.2, -0.15) is 0 Å². The molecule has 0 saturated heterocycles. The van der Waals surface area contributed by atoms with E-state index in [1.807, 2.05) is 45.0 Å². The van der Waals surface area contributed by atoms with Gasteiger partial charge in [0.15, 0.2) is 0 Å². The number of benzene rings is 1. The molecular formula is C24H27NO5S3. The number of hydrogen-bond acceptors (Lipinski definition) is 8. The van der Waals surface area contributed by atoms with Gasteiger partial charge < -0.3 is 14.4 Å². The maximum atomic E-state index is 13.1. The number of thiocarbonyl (C=S) groups is 1. The van der Waals surface area contributed by atoms with Crippen molar-refractivity contribution in [3.8, 4) is 0 Å². The Labute approximate surface area is 208 Å². The average Bonchev–Trinajstić information content (AvgIpc) is 3.20. The number of anilines is 1. The van der Waals surface area contributed by atoms with E-state index < -0.39 is 17.5 Å². The van der Waals surface area contributed by atoms with Crippen molar-refractivity contribution in [1.29, 1.82) is 0 Å². The first-order chi connectivity index (χ1) is 15.7. The summed E-state index contributed by atoms with van der Waals surface area (Å²) in [6.07, 6.45) is 1.15. The first-order valence-corrected chi connectivity index (χ1v) is 12.9. The van der Waals surface area contributed by atoms with Crippen LogP contribution in [-0.2, 0) is 23.9 Å². The van der Waals surface area contributed by atoms with Crippen LogP contribution in [0.4, 0.5) is 5.69 Å². The van der Waals surface area contributed by atoms with Gasteiger partial charge in [0.05, 0.1) is 33.5 Å². The normalized spacial score (nSPS) is 17.2. The van der Waals surface area contributed by atoms with Gasteiger partial charge in [-0.3, -0.25) is 4.79 Å². The van der Waals surface area contributed by atoms with Crippen LogP contribution in [0.15, 0.2) is 38.3 Å². The lowest BCUT2D eigenvalue weighted by molar-refractivity contribution is -0.140. The van der Waals surface area contributed by atoms with Gasteiger partial charge in [-0.25, -0.2) is 9.59 Å². The van der Waals surface area contributed by atoms with Crippen molar-refractivity contribution in [3.05, 3.63) is 43.9 Å². The molecule has 2 heterocycles. The van der Waals surface area contributed by atoms with E-state index >= 15 is 0 Å². The molecule has 0 fully saturated rings. The SMILES string of the molecule is CCCC(=O)N1c2ccccc2C(=C2SC(C(=O)OCC)=C(C(=O)OCC)S2)C(=S)C1(C)C. The number of esters is 2. The summed E-state index contributed by atoms with van der Waals surface area (Å²) in [4.78, 5) is 41.1. The van der Waals surface area contributed by atoms with Crippen LogP contribution in [0.2, 0.25) is 0 Å². The maximum absolute atomic E-state index is 13.1. The maximum Gasteiger partial charge on any atom is 0.346 e. The average molecular weight is 506 g/mol. The molecule has 176 valence electrons. The number of nitrogens with zero attached hydrogens (tertiary/aromatic N) is 1. The molecular weight excluding hydrogens is 478 g/mol. The van der Waals surface area contributed by atoms with Crippen molar-refractivity contribution >= 4 is 69.7 Å². The van der Waals surface area contributed by atoms with Crippen LogP contribution < -0.4 is 4.90 Å². The fourth-order valence-corrected chi connectivity index (χ4v) is 6.73. The zero-order chi connectivity index (χ0) is 24.3. The summed E-state index contributed by atoms with van der Waals surface area (Å²) in [7, 11) is 0. The minimum absolute atomic E-state index is 0.00521. The zero-order valence-corrected chi connectivity index (χ0v) is 21.8. The molecule has 9 heteroatoms. The van der Waals surface area contributed by atoms with E-state index in [1.165, 1.54) is 23.5 Å². The van der Waals surface area contributed by atoms with Crippen LogP contribution >= 0.6 is 35.7 Å². The van der Waals surface area contributed by atoms with Crippen molar-refractivity contribution < 1.29 is 23.9 Å². The Morgan fingerprint density at radius 2 is 1.52 bits per heavy atom. The third-order valence-corrected chi connectivity index (χ3v) is 8.45. The Morgan fingerprint density at radius 3 is 2.03 bits per heavy atom. The van der Waals surface area contributed by atoms with Crippen molar-refractivity contribution in [2.24, 2.45) is 0 Å². The molecule has 0 aromatic heterocycles. The second kappa shape index (κ2) is 10.4. The molecule has 1 aromatic carbocycles. The minimum atomic E-state index is -0.768. The standard InChI is InChI=1S/C24H27NO5S3/c1-6-11-16(26)25-15-13-10-9-12-14(15)17(20(31)24(25,4)5)23-32-18(21(27)29-7-2)19(33-23)22(28)30-8-3/h9-10,12-13H,6-8,11H2,1-5H3. The number of hydrogen-bond donors (Lipinski definition) is 0. The molecule has 1 aromatic rings. The predicted octanol–water partition coefficient (Wildman–Crippen LogP) is 5.47. The van der Waals surface area contributed by atoms with Gasteiger partial charge in [-0.1, -0.05) is 60.9 Å². The zero-order valence-electron chi connectivity index (χ0n) is 19.4. The lowest BCUT2D eigenvalue weighted by atomic mass is 9.83. The third kappa shape index (κ3) is 4.76. The van der Waals surface area contributed by atoms with E-state index in [1.54, 1.807) is 18.7 Å². The van der Waals surface area contributed by atoms with E-state index in [0.717, 1.165) is 23.2 Å². The number of fused-ring (bicyclic) bond motifs is 1. The quantitative estimate of drug-likeness (QED) is 0.286. The second-order valence-electron chi connectivity index (χ2n) is 7.85. The smallest absolute Gasteiger partial charge is 0.346 e. The Hall–Kier alpha value is -2.10. The van der Waals surface area contributed by atoms with Crippen LogP contribution in [0.3, 0.4) is 0 Å². The molecule has 2 aliphatic heterocycles. The topological polar surface area (TPSA) is 72.9 Å². The monoisotopic (exact) mass is 505 g/mol. The summed E-state index contributed by atoms with van der Waals surface area (Å²) in [5.41, 5.74) is 1.55. The summed E-state index contributed by atoms with van der Waals surface area (Å²) in [6, 6.07) is 7.60. The van der Waals surface area contributed by atoms with E-state index in [0.29, 0.717) is 15.5 Å². The van der Waals surface area contributed by atoms with E-state index in [4.69, 9.17) is 21.7 Å². The van der Waals surface area contributed by atoms with Crippen LogP contribution in [0.5, 0.6) is 0 Å². The second-order valence-corrected chi connectivity index (χ2v) is 10.6. The summed E-state index contributed by atoms with van der Waals surface area (Å²) in [5.74, 6) is -1.13. The summed E-state index contributed by atoms with van der Waals surface area (Å²) < 4.78 is 11.1. The van der Waals surface area contributed by atoms with Crippen molar-refractivity contribution in [1.82, 2.24) is 0 Å². The van der Waals surface area contributed by atoms with Gasteiger partial charge in [-0.05, 0) is 40.2 Å². The van der Waals surface area contributed by atoms with Gasteiger partial charge in [0.1, 0.15) is 9.81 Å². The van der Waals surface area contributed by atoms with Crippen molar-refractivity contribution in [2.45, 2.75) is 53.0 Å². The van der Waals surface area contributed by atoms with Crippen LogP contribution in [-0.4, -0.2) is 41.5 Å². The number of thioether (sulfide) groups is 2. The fraction of sp³-hybridized carbons (Fsp3) is 0.417. The fourth-order valence-electron chi connectivity index (χ4n) is 3.75. The lowest BCUT2D eigenvalue weighted by Crippen LogP contribution is -2.55. The molecule has 33 heavy (non-hydrogen) atoms. The van der Waals surface area contributed by atoms with Crippen molar-refractivity contribution in [2.75, 3.05) is 18.1 Å². The van der Waals surface area contributed by atoms with Crippen LogP contribution in [0.25, 0.3) is 5.57 Å². The van der Waals surface area contributed by atoms with E-state index in [9.17, 15) is 14.4 Å². The molecule has 0 unspecified atom stereocenters. The Kier molecular flexibility index (Phi) is 8.08. The highest BCUT2D eigenvalue weighted by molar-refractivity contribution is 8.29. The first-order valence-electron chi connectivity index (χ1n) is 10.8. The molecule has 6 nitrogen and oxygen atoms in total. The number of para-hydroxylation sites is 1. The molecule has 1 amide bonds. The minimum Gasteiger partial charge on any atom is -0.462 e. The van der Waals surface area contributed by atoms with Gasteiger partial charge >= 0.3 is 11.9 Å². The largest absolute Gasteiger partial charge is 0.462 e. The van der Waals surface area contributed by atoms with Crippen LogP contribution in [0, 0.1) is 0 Å². The Balaban J connectivity index is 2.17. The highest BCUT2D eigenvalue weighted by atomic mass is 32.2. The molecule has 0 spiro atoms. The molecule has 0 aliphatic carbocycles. The number of ether oxygens (including phenoxy) is 2. The molecule has 0 N–H and O–H groups in total. The Morgan fingerprint density at radius 1 is 0.970 bits per heavy atom. The number of amides is 1. The molecule has 2 aliphatic rings. The highest BCUT2D eigenvalue weighted by Gasteiger charge is 2.45. The Bertz CT molecular complexity index is 1040. The van der Waals surface area contributed by atoms with Gasteiger partial charge in [0.25, 0.3) is 0 Å². The summed E-state index contributed by atoms with van der Waals surface area (Å²) in [6.45, 7) is 9.64. The van der Waals surface area contributed by atoms with Gasteiger partial charge in [0, 0.05) is 17.6 Å². The predicted molar refractivity (Wildman–Crippen MR) is 138 cm³/mol. The van der Waals surface area contributed by atoms with Gasteiger partial charge in [-0.15, -0.1) is 0 Å². The molecule has 0 saturated carbocycles. The highest BCUT2D eigenvalue weighted by Crippen LogP contribution is 2.56. The molecule has 3 rings (SSSR count). The number of carbonyl (C=O) groups excluding carboxylic acids is 3. The van der Waals surface area contributed by atoms with Gasteiger partial charge in [0.2, 0.25) is 5.91 Å². The molecule has 0 atom stereocenters. The van der Waals surface area contributed by atoms with E-state index in [2.05, 4.69) is 0 Å². The van der Waals surface area contributed by atoms with Crippen LogP contribution in [0.1, 0.15) is 53.0 Å². The first kappa shape index (κ1) is 25.5. The third-order valence-electron chi connectivity index (χ3n) is 5.19. The van der Waals surface area contributed by atoms with E-state index in [-0.39, 0.29) is 28.9 Å². The molecule has 0 radical (unpaired) electrons. The van der Waals surface area contributed by atoms with Crippen molar-refractivity contribution in [3.63, 3.8) is 0 Å².